The van der Waals surface area contributed by atoms with Crippen molar-refractivity contribution in [3.05, 3.63) is 76.7 Å². The van der Waals surface area contributed by atoms with Crippen molar-refractivity contribution >= 4 is 27.9 Å². The molecule has 1 aliphatic rings. The number of aromatic nitrogens is 2. The maximum atomic E-state index is 13.4. The molecule has 6 heteroatoms. The van der Waals surface area contributed by atoms with Gasteiger partial charge in [0.25, 0.3) is 5.91 Å². The largest absolute Gasteiger partial charge is 0.304 e. The van der Waals surface area contributed by atoms with Crippen molar-refractivity contribution in [3.8, 4) is 11.3 Å². The van der Waals surface area contributed by atoms with Crippen LogP contribution >= 0.6 is 11.3 Å². The smallest absolute Gasteiger partial charge is 0.270 e. The second-order valence-electron chi connectivity index (χ2n) is 7.16. The van der Waals surface area contributed by atoms with Crippen LogP contribution in [-0.2, 0) is 6.42 Å². The van der Waals surface area contributed by atoms with Gasteiger partial charge < -0.3 is 4.90 Å². The molecule has 5 rings (SSSR count). The molecule has 0 bridgehead atoms. The molecular weight excluding hydrogens is 373 g/mol. The van der Waals surface area contributed by atoms with Gasteiger partial charge in [0.1, 0.15) is 10.7 Å². The van der Waals surface area contributed by atoms with Gasteiger partial charge in [-0.05, 0) is 56.2 Å². The number of halogens is 1. The number of nitrogens with zero attached hydrogens (tertiary/aromatic N) is 3. The predicted octanol–water partition coefficient (Wildman–Crippen LogP) is 5.10. The summed E-state index contributed by atoms with van der Waals surface area (Å²) < 4.78 is 15.1. The summed E-state index contributed by atoms with van der Waals surface area (Å²) in [6.45, 7) is 4.03. The van der Waals surface area contributed by atoms with Crippen LogP contribution in [0.1, 0.15) is 27.9 Å². The Labute approximate surface area is 165 Å². The summed E-state index contributed by atoms with van der Waals surface area (Å²) in [4.78, 5) is 21.4. The number of anilines is 1. The van der Waals surface area contributed by atoms with Crippen LogP contribution in [0.25, 0.3) is 16.2 Å². The highest BCUT2D eigenvalue weighted by Crippen LogP contribution is 2.35. The SMILES string of the molecule is Cc1c(C(=O)N2c3ccccc3CC2C)sc2nc(-c3ccc(F)cc3)cn12. The number of carbonyl (C=O) groups excluding carboxylic acids is 1. The highest BCUT2D eigenvalue weighted by Gasteiger charge is 2.33. The number of hydrogen-bond acceptors (Lipinski definition) is 3. The van der Waals surface area contributed by atoms with E-state index < -0.39 is 0 Å². The van der Waals surface area contributed by atoms with Gasteiger partial charge in [-0.3, -0.25) is 9.20 Å². The monoisotopic (exact) mass is 391 g/mol. The second-order valence-corrected chi connectivity index (χ2v) is 8.14. The van der Waals surface area contributed by atoms with Gasteiger partial charge in [0.15, 0.2) is 4.96 Å². The summed E-state index contributed by atoms with van der Waals surface area (Å²) >= 11 is 1.40. The Bertz CT molecular complexity index is 1210. The first-order valence-electron chi connectivity index (χ1n) is 9.19. The normalized spacial score (nSPS) is 16.0. The molecule has 0 saturated heterocycles. The van der Waals surface area contributed by atoms with Crippen LogP contribution in [0.5, 0.6) is 0 Å². The molecule has 3 heterocycles. The van der Waals surface area contributed by atoms with E-state index in [9.17, 15) is 9.18 Å². The van der Waals surface area contributed by atoms with E-state index in [4.69, 9.17) is 0 Å². The summed E-state index contributed by atoms with van der Waals surface area (Å²) in [5, 5.41) is 0. The number of fused-ring (bicyclic) bond motifs is 2. The van der Waals surface area contributed by atoms with Crippen LogP contribution in [0.3, 0.4) is 0 Å². The molecule has 0 spiro atoms. The predicted molar refractivity (Wildman–Crippen MR) is 110 cm³/mol. The molecule has 1 aliphatic heterocycles. The Balaban J connectivity index is 1.53. The fraction of sp³-hybridized carbons (Fsp3) is 0.182. The Kier molecular flexibility index (Phi) is 3.84. The number of thiazole rings is 1. The number of para-hydroxylation sites is 1. The fourth-order valence-electron chi connectivity index (χ4n) is 3.89. The van der Waals surface area contributed by atoms with Gasteiger partial charge in [-0.25, -0.2) is 9.37 Å². The zero-order valence-corrected chi connectivity index (χ0v) is 16.3. The van der Waals surface area contributed by atoms with Crippen LogP contribution in [0.15, 0.2) is 54.7 Å². The van der Waals surface area contributed by atoms with Crippen LogP contribution < -0.4 is 4.90 Å². The number of carbonyl (C=O) groups is 1. The molecule has 1 amide bonds. The molecular formula is C22H18FN3OS. The quantitative estimate of drug-likeness (QED) is 0.477. The van der Waals surface area contributed by atoms with E-state index in [1.165, 1.54) is 29.0 Å². The van der Waals surface area contributed by atoms with Crippen molar-refractivity contribution in [3.63, 3.8) is 0 Å². The van der Waals surface area contributed by atoms with Gasteiger partial charge in [-0.15, -0.1) is 0 Å². The summed E-state index contributed by atoms with van der Waals surface area (Å²) in [7, 11) is 0. The third kappa shape index (κ3) is 2.56. The minimum Gasteiger partial charge on any atom is -0.304 e. The summed E-state index contributed by atoms with van der Waals surface area (Å²) in [5.41, 5.74) is 4.71. The van der Waals surface area contributed by atoms with Gasteiger partial charge in [0.05, 0.1) is 5.69 Å². The van der Waals surface area contributed by atoms with E-state index in [0.717, 1.165) is 34.0 Å². The third-order valence-corrected chi connectivity index (χ3v) is 6.46. The van der Waals surface area contributed by atoms with Crippen molar-refractivity contribution < 1.29 is 9.18 Å². The van der Waals surface area contributed by atoms with Gasteiger partial charge in [-0.2, -0.15) is 0 Å². The Morgan fingerprint density at radius 3 is 2.68 bits per heavy atom. The molecule has 0 N–H and O–H groups in total. The van der Waals surface area contributed by atoms with Crippen molar-refractivity contribution in [2.45, 2.75) is 26.3 Å². The second kappa shape index (κ2) is 6.27. The first kappa shape index (κ1) is 17.1. The summed E-state index contributed by atoms with van der Waals surface area (Å²) in [6.07, 6.45) is 2.78. The molecule has 4 aromatic rings. The number of hydrogen-bond donors (Lipinski definition) is 0. The maximum absolute atomic E-state index is 13.4. The average Bonchev–Trinajstić information content (AvgIpc) is 3.33. The molecule has 1 atom stereocenters. The van der Waals surface area contributed by atoms with E-state index in [1.54, 1.807) is 12.1 Å². The molecule has 4 nitrogen and oxygen atoms in total. The number of rotatable bonds is 2. The lowest BCUT2D eigenvalue weighted by Crippen LogP contribution is -2.35. The zero-order valence-electron chi connectivity index (χ0n) is 15.5. The van der Waals surface area contributed by atoms with Crippen LogP contribution in [0.4, 0.5) is 10.1 Å². The Morgan fingerprint density at radius 1 is 1.18 bits per heavy atom. The minimum absolute atomic E-state index is 0.0220. The van der Waals surface area contributed by atoms with Crippen molar-refractivity contribution in [2.24, 2.45) is 0 Å². The van der Waals surface area contributed by atoms with Gasteiger partial charge >= 0.3 is 0 Å². The van der Waals surface area contributed by atoms with Crippen LogP contribution in [0.2, 0.25) is 0 Å². The highest BCUT2D eigenvalue weighted by atomic mass is 32.1. The average molecular weight is 391 g/mol. The molecule has 140 valence electrons. The van der Waals surface area contributed by atoms with Crippen molar-refractivity contribution in [2.75, 3.05) is 4.90 Å². The topological polar surface area (TPSA) is 37.6 Å². The number of imidazole rings is 1. The third-order valence-electron chi connectivity index (χ3n) is 5.32. The number of amides is 1. The maximum Gasteiger partial charge on any atom is 0.270 e. The van der Waals surface area contributed by atoms with E-state index in [1.807, 2.05) is 40.6 Å². The number of benzene rings is 2. The summed E-state index contributed by atoms with van der Waals surface area (Å²) in [5.74, 6) is -0.248. The van der Waals surface area contributed by atoms with E-state index in [-0.39, 0.29) is 17.8 Å². The minimum atomic E-state index is -0.270. The van der Waals surface area contributed by atoms with E-state index in [2.05, 4.69) is 18.0 Å². The lowest BCUT2D eigenvalue weighted by molar-refractivity contribution is 0.0984. The van der Waals surface area contributed by atoms with Crippen LogP contribution in [0, 0.1) is 12.7 Å². The molecule has 0 saturated carbocycles. The number of aryl methyl sites for hydroxylation is 1. The Hall–Kier alpha value is -2.99. The molecule has 2 aromatic carbocycles. The first-order valence-corrected chi connectivity index (χ1v) is 10.0. The summed E-state index contributed by atoms with van der Waals surface area (Å²) in [6, 6.07) is 14.5. The molecule has 0 fully saturated rings. The molecule has 28 heavy (non-hydrogen) atoms. The van der Waals surface area contributed by atoms with Gasteiger partial charge in [-0.1, -0.05) is 29.5 Å². The molecule has 0 radical (unpaired) electrons. The van der Waals surface area contributed by atoms with Crippen molar-refractivity contribution in [1.29, 1.82) is 0 Å². The molecule has 1 unspecified atom stereocenters. The Morgan fingerprint density at radius 2 is 1.93 bits per heavy atom. The lowest BCUT2D eigenvalue weighted by atomic mass is 10.1. The van der Waals surface area contributed by atoms with E-state index in [0.29, 0.717) is 4.88 Å². The van der Waals surface area contributed by atoms with Crippen molar-refractivity contribution in [1.82, 2.24) is 9.38 Å². The van der Waals surface area contributed by atoms with E-state index >= 15 is 0 Å². The van der Waals surface area contributed by atoms with Crippen LogP contribution in [-0.4, -0.2) is 21.3 Å². The molecule has 0 aliphatic carbocycles. The highest BCUT2D eigenvalue weighted by molar-refractivity contribution is 7.19. The first-order chi connectivity index (χ1) is 13.5. The lowest BCUT2D eigenvalue weighted by Gasteiger charge is -2.22. The van der Waals surface area contributed by atoms with Gasteiger partial charge in [0.2, 0.25) is 0 Å². The zero-order chi connectivity index (χ0) is 19.4. The fourth-order valence-corrected chi connectivity index (χ4v) is 4.94. The molecule has 2 aromatic heterocycles. The van der Waals surface area contributed by atoms with Gasteiger partial charge in [0, 0.05) is 29.2 Å². The standard InChI is InChI=1S/C22H18FN3OS/c1-13-11-16-5-3-4-6-19(16)26(13)21(27)20-14(2)25-12-18(24-22(25)28-20)15-7-9-17(23)10-8-15/h3-10,12-13H,11H2,1-2H3.